The number of rotatable bonds is 2. The number of carbonyl (C=O) groups is 2. The highest BCUT2D eigenvalue weighted by Crippen LogP contribution is 2.49. The predicted octanol–water partition coefficient (Wildman–Crippen LogP) is -4.47. The van der Waals surface area contributed by atoms with E-state index in [1.165, 1.54) is 39.2 Å². The third-order valence-electron chi connectivity index (χ3n) is 6.97. The van der Waals surface area contributed by atoms with Crippen molar-refractivity contribution in [2.75, 3.05) is 0 Å². The lowest BCUT2D eigenvalue weighted by atomic mass is 9.00. The van der Waals surface area contributed by atoms with E-state index < -0.39 is 63.9 Å². The van der Waals surface area contributed by atoms with Gasteiger partial charge in [-0.15, -0.1) is 0 Å². The summed E-state index contributed by atoms with van der Waals surface area (Å²) in [5, 5.41) is -6.03. The molecule has 178 valence electrons. The Morgan fingerprint density at radius 2 is 1.27 bits per heavy atom. The van der Waals surface area contributed by atoms with Gasteiger partial charge >= 0.3 is 18.4 Å². The van der Waals surface area contributed by atoms with Crippen LogP contribution in [0.15, 0.2) is 0 Å². The van der Waals surface area contributed by atoms with Gasteiger partial charge in [-0.05, 0) is 36.8 Å². The fraction of sp³-hybridized carbons (Fsp3) is 0.846. The molecule has 1 atom stereocenters. The fourth-order valence-corrected chi connectivity index (χ4v) is 4.51. The van der Waals surface area contributed by atoms with Crippen LogP contribution in [0.2, 0.25) is 5.11 Å². The molecule has 0 bridgehead atoms. The SMILES string of the molecule is BC1(B)B(C(=O)OC(C)(C)C)C(B)(N)C(B)(B)N(C(=O)OC(C(F)(F)F)C(F)(F)F)C1(B)B. The molecule has 20 heteroatoms. The number of alkyl halides is 6. The highest BCUT2D eigenvalue weighted by molar-refractivity contribution is 7.07. The minimum atomic E-state index is -5.88. The van der Waals surface area contributed by atoms with Crippen LogP contribution in [0.3, 0.4) is 0 Å². The van der Waals surface area contributed by atoms with Gasteiger partial charge in [0.05, 0.1) is 15.7 Å². The van der Waals surface area contributed by atoms with Crippen molar-refractivity contribution in [1.82, 2.24) is 4.90 Å². The van der Waals surface area contributed by atoms with Gasteiger partial charge in [0.2, 0.25) is 0 Å². The fourth-order valence-electron chi connectivity index (χ4n) is 4.51. The van der Waals surface area contributed by atoms with E-state index in [0.29, 0.717) is 0 Å². The summed E-state index contributed by atoms with van der Waals surface area (Å²) in [6.07, 6.45) is -17.9. The van der Waals surface area contributed by atoms with Crippen molar-refractivity contribution >= 4 is 73.6 Å². The van der Waals surface area contributed by atoms with Crippen molar-refractivity contribution in [3.63, 3.8) is 0 Å². The zero-order valence-electron chi connectivity index (χ0n) is 20.6. The first-order chi connectivity index (χ1) is 14.1. The maximum Gasteiger partial charge on any atom is 0.434 e. The molecule has 33 heavy (non-hydrogen) atoms. The predicted molar refractivity (Wildman–Crippen MR) is 131 cm³/mol. The minimum Gasteiger partial charge on any atom is -0.468 e. The number of nitrogens with two attached hydrogens (primary N) is 1. The van der Waals surface area contributed by atoms with Gasteiger partial charge in [-0.2, -0.15) is 26.3 Å². The first-order valence-electron chi connectivity index (χ1n) is 10.3. The normalized spacial score (nSPS) is 24.9. The molecule has 0 aromatic heterocycles. The Balaban J connectivity index is 3.64. The third-order valence-corrected chi connectivity index (χ3v) is 6.97. The lowest BCUT2D eigenvalue weighted by Gasteiger charge is -2.69. The number of nitrogens with zero attached hydrogens (tertiary/aromatic N) is 1. The van der Waals surface area contributed by atoms with E-state index in [4.69, 9.17) is 10.5 Å². The Morgan fingerprint density at radius 3 is 1.61 bits per heavy atom. The third kappa shape index (κ3) is 5.24. The number of hydrogen-bond acceptors (Lipinski definition) is 5. The van der Waals surface area contributed by atoms with Gasteiger partial charge in [0.1, 0.15) is 44.8 Å². The van der Waals surface area contributed by atoms with E-state index in [1.807, 2.05) is 0 Å². The van der Waals surface area contributed by atoms with Gasteiger partial charge in [0, 0.05) is 0 Å². The van der Waals surface area contributed by atoms with Crippen LogP contribution < -0.4 is 5.73 Å². The highest BCUT2D eigenvalue weighted by Gasteiger charge is 2.70. The van der Waals surface area contributed by atoms with Crippen LogP contribution in [-0.2, 0) is 9.47 Å². The van der Waals surface area contributed by atoms with Gasteiger partial charge in [0.15, 0.2) is 0 Å². The van der Waals surface area contributed by atoms with E-state index in [2.05, 4.69) is 4.74 Å². The van der Waals surface area contributed by atoms with E-state index in [9.17, 15) is 35.9 Å². The van der Waals surface area contributed by atoms with Crippen LogP contribution in [0.4, 0.5) is 35.9 Å². The van der Waals surface area contributed by atoms with Gasteiger partial charge in [-0.3, -0.25) is 4.79 Å². The second kappa shape index (κ2) is 8.19. The summed E-state index contributed by atoms with van der Waals surface area (Å²) in [5.41, 5.74) is 5.66. The maximum absolute atomic E-state index is 13.2. The van der Waals surface area contributed by atoms with Crippen molar-refractivity contribution in [2.45, 2.75) is 66.0 Å². The lowest BCUT2D eigenvalue weighted by Crippen LogP contribution is -2.91. The average Bonchev–Trinajstić information content (AvgIpc) is 2.46. The Labute approximate surface area is 196 Å². The monoisotopic (exact) mass is 476 g/mol. The number of carbonyl (C=O) groups excluding carboxylic acids is 2. The molecule has 0 saturated carbocycles. The molecule has 2 N–H and O–H groups in total. The Bertz CT molecular complexity index is 757. The Morgan fingerprint density at radius 1 is 0.879 bits per heavy atom. The molecule has 0 aromatic rings. The zero-order chi connectivity index (χ0) is 26.8. The summed E-state index contributed by atoms with van der Waals surface area (Å²) in [4.78, 5) is 26.9. The lowest BCUT2D eigenvalue weighted by molar-refractivity contribution is -0.309. The number of ether oxygens (including phenoxy) is 2. The molecule has 0 aromatic carbocycles. The summed E-state index contributed by atoms with van der Waals surface area (Å²) in [6.45, 7) is 3.84. The van der Waals surface area contributed by atoms with Gasteiger partial charge in [-0.1, -0.05) is 5.11 Å². The maximum atomic E-state index is 13.2. The summed E-state index contributed by atoms with van der Waals surface area (Å²) in [7, 11) is 10.1. The van der Waals surface area contributed by atoms with E-state index in [1.54, 1.807) is 36.5 Å². The molecule has 0 spiro atoms. The van der Waals surface area contributed by atoms with Crippen LogP contribution >= 0.6 is 0 Å². The van der Waals surface area contributed by atoms with Crippen molar-refractivity contribution in [1.29, 1.82) is 0 Å². The molecular weight excluding hydrogens is 449 g/mol. The van der Waals surface area contributed by atoms with Crippen molar-refractivity contribution in [3.05, 3.63) is 0 Å². The average molecular weight is 475 g/mol. The number of amides is 1. The van der Waals surface area contributed by atoms with Crippen molar-refractivity contribution < 1.29 is 45.4 Å². The molecule has 1 amide bonds. The highest BCUT2D eigenvalue weighted by atomic mass is 19.4. The first kappa shape index (κ1) is 29.8. The van der Waals surface area contributed by atoms with Crippen LogP contribution in [0, 0.1) is 0 Å². The van der Waals surface area contributed by atoms with E-state index >= 15 is 0 Å². The second-order valence-corrected chi connectivity index (χ2v) is 11.3. The summed E-state index contributed by atoms with van der Waals surface area (Å²) in [6, 6.07) is 0. The van der Waals surface area contributed by atoms with Crippen molar-refractivity contribution in [2.24, 2.45) is 5.73 Å². The Kier molecular flexibility index (Phi) is 7.40. The van der Waals surface area contributed by atoms with Crippen LogP contribution in [0.5, 0.6) is 0 Å². The zero-order valence-corrected chi connectivity index (χ0v) is 20.6. The van der Waals surface area contributed by atoms with Crippen LogP contribution in [0.25, 0.3) is 0 Å². The van der Waals surface area contributed by atoms with Gasteiger partial charge in [0.25, 0.3) is 18.7 Å². The molecule has 1 heterocycles. The summed E-state index contributed by atoms with van der Waals surface area (Å²) in [5.74, 6) is -0.699. The molecular formula is C13H26B8F6N2O4. The molecule has 0 radical (unpaired) electrons. The number of halogens is 6. The summed E-state index contributed by atoms with van der Waals surface area (Å²) >= 11 is 0. The van der Waals surface area contributed by atoms with Gasteiger partial charge < -0.3 is 20.1 Å². The molecule has 6 nitrogen and oxygen atoms in total. The molecule has 0 aliphatic carbocycles. The van der Waals surface area contributed by atoms with E-state index in [0.717, 1.165) is 4.90 Å². The second-order valence-electron chi connectivity index (χ2n) is 11.3. The molecule has 1 saturated heterocycles. The molecule has 1 rings (SSSR count). The van der Waals surface area contributed by atoms with Crippen LogP contribution in [0.1, 0.15) is 20.8 Å². The van der Waals surface area contributed by atoms with Gasteiger partial charge in [-0.25, -0.2) is 4.79 Å². The van der Waals surface area contributed by atoms with Crippen molar-refractivity contribution in [3.8, 4) is 0 Å². The van der Waals surface area contributed by atoms with E-state index in [-0.39, 0.29) is 0 Å². The summed E-state index contributed by atoms with van der Waals surface area (Å²) < 4.78 is 87.9. The number of hydrogen-bond donors (Lipinski definition) is 1. The largest absolute Gasteiger partial charge is 0.468 e. The molecule has 1 unspecified atom stereocenters. The minimum absolute atomic E-state index is 0.699. The standard InChI is InChI=1S/C13H26B8F6N2O4/c1-7(2,3)33-5(30)21-10(14,15)11(16,17)29(12(18,19)13(21,20)28)6(31)32-4(8(22,23)24)9(25,26)27/h4H,14-20,28H2,1-3H3. The quantitative estimate of drug-likeness (QED) is 0.322. The topological polar surface area (TPSA) is 81.9 Å². The first-order valence-corrected chi connectivity index (χ1v) is 10.3. The molecule has 1 aliphatic heterocycles. The van der Waals surface area contributed by atoms with Crippen LogP contribution in [-0.4, -0.2) is 119 Å². The molecule has 1 aliphatic rings. The Hall–Kier alpha value is -1.20. The molecule has 1 fully saturated rings. The smallest absolute Gasteiger partial charge is 0.434 e.